The standard InChI is InChI=1S/C13H18N2O3/c1-8-7-10(4-5-11(8)14)13(18)15-9(2)3-6-12(16)17/h4-5,7,9H,3,6,14H2,1-2H3,(H,15,18)(H,16,17). The van der Waals surface area contributed by atoms with Gasteiger partial charge in [0.15, 0.2) is 0 Å². The van der Waals surface area contributed by atoms with Gasteiger partial charge in [0.05, 0.1) is 0 Å². The maximum Gasteiger partial charge on any atom is 0.303 e. The van der Waals surface area contributed by atoms with Crippen LogP contribution in [-0.2, 0) is 4.79 Å². The molecule has 0 heterocycles. The molecule has 1 aromatic rings. The number of nitrogen functional groups attached to an aromatic ring is 1. The number of carbonyl (C=O) groups excluding carboxylic acids is 1. The van der Waals surface area contributed by atoms with Crippen LogP contribution in [0.4, 0.5) is 5.69 Å². The third kappa shape index (κ3) is 4.08. The van der Waals surface area contributed by atoms with E-state index in [1.54, 1.807) is 25.1 Å². The molecule has 0 saturated heterocycles. The molecule has 0 fully saturated rings. The van der Waals surface area contributed by atoms with Crippen LogP contribution in [0.3, 0.4) is 0 Å². The van der Waals surface area contributed by atoms with Gasteiger partial charge in [0, 0.05) is 23.7 Å². The van der Waals surface area contributed by atoms with Crippen molar-refractivity contribution in [2.45, 2.75) is 32.7 Å². The van der Waals surface area contributed by atoms with E-state index in [-0.39, 0.29) is 18.4 Å². The van der Waals surface area contributed by atoms with Gasteiger partial charge in [-0.25, -0.2) is 0 Å². The second kappa shape index (κ2) is 6.05. The Hall–Kier alpha value is -2.04. The first-order valence-electron chi connectivity index (χ1n) is 5.79. The van der Waals surface area contributed by atoms with Crippen molar-refractivity contribution in [2.24, 2.45) is 0 Å². The third-order valence-corrected chi connectivity index (χ3v) is 2.70. The molecule has 1 rings (SSSR count). The van der Waals surface area contributed by atoms with Crippen LogP contribution in [0.1, 0.15) is 35.7 Å². The van der Waals surface area contributed by atoms with Crippen LogP contribution in [0, 0.1) is 6.92 Å². The summed E-state index contributed by atoms with van der Waals surface area (Å²) in [6.07, 6.45) is 0.456. The van der Waals surface area contributed by atoms with Gasteiger partial charge in [-0.15, -0.1) is 0 Å². The van der Waals surface area contributed by atoms with E-state index in [4.69, 9.17) is 10.8 Å². The van der Waals surface area contributed by atoms with Crippen LogP contribution in [-0.4, -0.2) is 23.0 Å². The van der Waals surface area contributed by atoms with Gasteiger partial charge in [0.2, 0.25) is 0 Å². The molecule has 5 nitrogen and oxygen atoms in total. The molecule has 0 spiro atoms. The van der Waals surface area contributed by atoms with Gasteiger partial charge >= 0.3 is 5.97 Å². The number of anilines is 1. The number of benzene rings is 1. The summed E-state index contributed by atoms with van der Waals surface area (Å²) in [4.78, 5) is 22.3. The van der Waals surface area contributed by atoms with Crippen molar-refractivity contribution in [1.82, 2.24) is 5.32 Å². The molecule has 5 heteroatoms. The smallest absolute Gasteiger partial charge is 0.303 e. The zero-order valence-corrected chi connectivity index (χ0v) is 10.6. The molecule has 0 saturated carbocycles. The van der Waals surface area contributed by atoms with E-state index in [1.807, 2.05) is 6.92 Å². The maximum absolute atomic E-state index is 11.9. The lowest BCUT2D eigenvalue weighted by molar-refractivity contribution is -0.137. The van der Waals surface area contributed by atoms with Gasteiger partial charge in [-0.05, 0) is 44.0 Å². The lowest BCUT2D eigenvalue weighted by Crippen LogP contribution is -2.33. The van der Waals surface area contributed by atoms with Gasteiger partial charge in [-0.2, -0.15) is 0 Å². The molecule has 1 unspecified atom stereocenters. The number of aryl methyl sites for hydroxylation is 1. The zero-order chi connectivity index (χ0) is 13.7. The maximum atomic E-state index is 11.9. The number of amides is 1. The fraction of sp³-hybridized carbons (Fsp3) is 0.385. The van der Waals surface area contributed by atoms with Crippen molar-refractivity contribution in [2.75, 3.05) is 5.73 Å². The van der Waals surface area contributed by atoms with Crippen molar-refractivity contribution in [3.05, 3.63) is 29.3 Å². The number of rotatable bonds is 5. The fourth-order valence-electron chi connectivity index (χ4n) is 1.54. The number of carboxylic acid groups (broad SMARTS) is 1. The summed E-state index contributed by atoms with van der Waals surface area (Å²) in [6.45, 7) is 3.62. The van der Waals surface area contributed by atoms with Crippen LogP contribution in [0.15, 0.2) is 18.2 Å². The van der Waals surface area contributed by atoms with Crippen molar-refractivity contribution >= 4 is 17.6 Å². The Balaban J connectivity index is 2.59. The first-order chi connectivity index (χ1) is 8.40. The van der Waals surface area contributed by atoms with E-state index in [0.717, 1.165) is 5.56 Å². The van der Waals surface area contributed by atoms with Gasteiger partial charge in [-0.1, -0.05) is 0 Å². The second-order valence-corrected chi connectivity index (χ2v) is 4.38. The predicted molar refractivity (Wildman–Crippen MR) is 69.4 cm³/mol. The Labute approximate surface area is 106 Å². The number of hydrogen-bond donors (Lipinski definition) is 3. The summed E-state index contributed by atoms with van der Waals surface area (Å²) in [5, 5.41) is 11.3. The quantitative estimate of drug-likeness (QED) is 0.691. The summed E-state index contributed by atoms with van der Waals surface area (Å²) in [6, 6.07) is 4.88. The minimum absolute atomic E-state index is 0.0439. The normalized spacial score (nSPS) is 11.9. The number of carboxylic acids is 1. The van der Waals surface area contributed by atoms with E-state index in [9.17, 15) is 9.59 Å². The lowest BCUT2D eigenvalue weighted by Gasteiger charge is -2.13. The average Bonchev–Trinajstić information content (AvgIpc) is 2.30. The van der Waals surface area contributed by atoms with Crippen molar-refractivity contribution in [3.8, 4) is 0 Å². The van der Waals surface area contributed by atoms with Gasteiger partial charge in [-0.3, -0.25) is 9.59 Å². The second-order valence-electron chi connectivity index (χ2n) is 4.38. The molecule has 1 amide bonds. The Morgan fingerprint density at radius 1 is 1.44 bits per heavy atom. The highest BCUT2D eigenvalue weighted by Crippen LogP contribution is 2.12. The zero-order valence-electron chi connectivity index (χ0n) is 10.6. The molecule has 98 valence electrons. The van der Waals surface area contributed by atoms with Crippen molar-refractivity contribution in [1.29, 1.82) is 0 Å². The predicted octanol–water partition coefficient (Wildman–Crippen LogP) is 1.56. The minimum Gasteiger partial charge on any atom is -0.481 e. The first-order valence-corrected chi connectivity index (χ1v) is 5.79. The summed E-state index contributed by atoms with van der Waals surface area (Å²) in [5.41, 5.74) is 7.70. The van der Waals surface area contributed by atoms with E-state index in [2.05, 4.69) is 5.32 Å². The van der Waals surface area contributed by atoms with Gasteiger partial charge in [0.25, 0.3) is 5.91 Å². The summed E-state index contributed by atoms with van der Waals surface area (Å²) >= 11 is 0. The first kappa shape index (κ1) is 14.0. The monoisotopic (exact) mass is 250 g/mol. The minimum atomic E-state index is -0.862. The topological polar surface area (TPSA) is 92.4 Å². The Morgan fingerprint density at radius 3 is 2.67 bits per heavy atom. The van der Waals surface area contributed by atoms with Crippen molar-refractivity contribution in [3.63, 3.8) is 0 Å². The molecule has 4 N–H and O–H groups in total. The molecule has 0 aliphatic carbocycles. The summed E-state index contributed by atoms with van der Waals surface area (Å²) in [7, 11) is 0. The van der Waals surface area contributed by atoms with Crippen LogP contribution >= 0.6 is 0 Å². The largest absolute Gasteiger partial charge is 0.481 e. The van der Waals surface area contributed by atoms with Crippen LogP contribution in [0.25, 0.3) is 0 Å². The van der Waals surface area contributed by atoms with Crippen molar-refractivity contribution < 1.29 is 14.7 Å². The van der Waals surface area contributed by atoms with Gasteiger partial charge < -0.3 is 16.2 Å². The molecule has 1 aromatic carbocycles. The summed E-state index contributed by atoms with van der Waals surface area (Å²) in [5.74, 6) is -1.07. The molecular weight excluding hydrogens is 232 g/mol. The Bertz CT molecular complexity index is 458. The highest BCUT2D eigenvalue weighted by atomic mass is 16.4. The molecule has 0 bridgehead atoms. The number of carbonyl (C=O) groups is 2. The molecular formula is C13H18N2O3. The lowest BCUT2D eigenvalue weighted by atomic mass is 10.1. The number of hydrogen-bond acceptors (Lipinski definition) is 3. The molecule has 0 aliphatic rings. The van der Waals surface area contributed by atoms with Crippen LogP contribution < -0.4 is 11.1 Å². The molecule has 0 aliphatic heterocycles. The van der Waals surface area contributed by atoms with E-state index in [1.165, 1.54) is 0 Å². The molecule has 0 radical (unpaired) electrons. The van der Waals surface area contributed by atoms with Crippen LogP contribution in [0.5, 0.6) is 0 Å². The Kier molecular flexibility index (Phi) is 4.71. The average molecular weight is 250 g/mol. The highest BCUT2D eigenvalue weighted by Gasteiger charge is 2.11. The highest BCUT2D eigenvalue weighted by molar-refractivity contribution is 5.95. The SMILES string of the molecule is Cc1cc(C(=O)NC(C)CCC(=O)O)ccc1N. The Morgan fingerprint density at radius 2 is 2.11 bits per heavy atom. The molecule has 18 heavy (non-hydrogen) atoms. The van der Waals surface area contributed by atoms with Gasteiger partial charge in [0.1, 0.15) is 0 Å². The number of aliphatic carboxylic acids is 1. The number of nitrogens with two attached hydrogens (primary N) is 1. The third-order valence-electron chi connectivity index (χ3n) is 2.70. The van der Waals surface area contributed by atoms with E-state index >= 15 is 0 Å². The molecule has 1 atom stereocenters. The van der Waals surface area contributed by atoms with Crippen LogP contribution in [0.2, 0.25) is 0 Å². The summed E-state index contributed by atoms with van der Waals surface area (Å²) < 4.78 is 0. The fourth-order valence-corrected chi connectivity index (χ4v) is 1.54. The van der Waals surface area contributed by atoms with E-state index < -0.39 is 5.97 Å². The molecule has 0 aromatic heterocycles. The number of nitrogens with one attached hydrogen (secondary N) is 1. The van der Waals surface area contributed by atoms with E-state index in [0.29, 0.717) is 17.7 Å².